The largest absolute Gasteiger partial charge is 0.472 e. The van der Waals surface area contributed by atoms with E-state index in [1.54, 1.807) is 0 Å². The first kappa shape index (κ1) is 92.5. The van der Waals surface area contributed by atoms with Crippen molar-refractivity contribution in [2.45, 2.75) is 386 Å². The molecule has 16 nitrogen and oxygen atoms in total. The fraction of sp³-hybridized carbons (Fsp3) is 0.857. The monoisotopic (exact) mass is 1390 g/mol. The molecule has 5 atom stereocenters. The maximum atomic E-state index is 12.9. The van der Waals surface area contributed by atoms with Crippen LogP contribution >= 0.6 is 15.6 Å². The first-order valence-corrected chi connectivity index (χ1v) is 41.9. The summed E-state index contributed by atoms with van der Waals surface area (Å²) in [6, 6.07) is 0. The molecule has 0 aromatic heterocycles. The Morgan fingerprint density at radius 1 is 0.295 bits per heavy atom. The second kappa shape index (κ2) is 71.3. The molecule has 95 heavy (non-hydrogen) atoms. The van der Waals surface area contributed by atoms with Gasteiger partial charge in [-0.2, -0.15) is 0 Å². The molecule has 0 aliphatic rings. The summed E-state index contributed by atoms with van der Waals surface area (Å²) in [6.45, 7) is 2.73. The van der Waals surface area contributed by atoms with Gasteiger partial charge in [0, 0.05) is 19.3 Å². The van der Waals surface area contributed by atoms with Gasteiger partial charge in [-0.15, -0.1) is 0 Å². The molecule has 0 bridgehead atoms. The molecule has 0 fully saturated rings. The first-order chi connectivity index (χ1) is 46.2. The minimum Gasteiger partial charge on any atom is -0.463 e. The lowest BCUT2D eigenvalue weighted by Crippen LogP contribution is -2.30. The molecule has 0 heterocycles. The molecule has 0 saturated carbocycles. The van der Waals surface area contributed by atoms with Gasteiger partial charge in [-0.3, -0.25) is 32.5 Å². The number of carbonyl (C=O) groups excluding carboxylic acids is 3. The Hall–Kier alpha value is -2.49. The van der Waals surface area contributed by atoms with E-state index in [-0.39, 0.29) is 19.3 Å². The zero-order chi connectivity index (χ0) is 69.5. The van der Waals surface area contributed by atoms with E-state index in [0.717, 1.165) is 83.5 Å². The van der Waals surface area contributed by atoms with Crippen molar-refractivity contribution in [3.8, 4) is 0 Å². The summed E-state index contributed by atoms with van der Waals surface area (Å²) in [5.74, 6) is -1.55. The average molecular weight is 1390 g/mol. The number of aliphatic hydroxyl groups is 2. The number of phosphoric ester groups is 2. The highest BCUT2D eigenvalue weighted by molar-refractivity contribution is 7.47. The number of ether oxygens (including phenoxy) is 3. The lowest BCUT2D eigenvalue weighted by atomic mass is 10.0. The smallest absolute Gasteiger partial charge is 0.463 e. The van der Waals surface area contributed by atoms with Gasteiger partial charge in [0.15, 0.2) is 6.10 Å². The topological polar surface area (TPSA) is 231 Å². The highest BCUT2D eigenvalue weighted by Gasteiger charge is 2.29. The third-order valence-corrected chi connectivity index (χ3v) is 19.0. The molecule has 0 aromatic rings. The van der Waals surface area contributed by atoms with Crippen LogP contribution in [0.3, 0.4) is 0 Å². The molecule has 0 radical (unpaired) electrons. The zero-order valence-corrected chi connectivity index (χ0v) is 62.6. The summed E-state index contributed by atoms with van der Waals surface area (Å²) < 4.78 is 61.1. The highest BCUT2D eigenvalue weighted by Crippen LogP contribution is 2.45. The number of allylic oxidation sites excluding steroid dienone is 8. The standard InChI is InChI=1S/C77H144O16P2/c1-4-7-10-13-16-19-22-25-28-29-30-31-32-33-34-35-36-37-38-39-40-41-44-46-48-51-54-57-60-63-75(80)87-66-72(78)67-89-94(83,84)90-68-73(79)69-91-95(85,86)92-71-74(93-77(82)65-62-59-56-53-50-47-43-27-24-21-18-15-12-9-6-3)70-88-76(81)64-61-58-55-52-49-45-42-26-23-20-17-14-11-8-5-2/h16,19,25,28,30-31,33-34,72-74,78-79H,4-15,17-18,20-24,26-27,29,32,35-71H2,1-3H3,(H,83,84)(H,85,86)/b19-16-,28-25-,31-30-,34-33-. The highest BCUT2D eigenvalue weighted by atomic mass is 31.2. The van der Waals surface area contributed by atoms with Gasteiger partial charge in [0.05, 0.1) is 26.4 Å². The maximum Gasteiger partial charge on any atom is 0.472 e. The van der Waals surface area contributed by atoms with Crippen LogP contribution in [-0.2, 0) is 55.8 Å². The van der Waals surface area contributed by atoms with Crippen molar-refractivity contribution in [2.75, 3.05) is 39.6 Å². The second-order valence-corrected chi connectivity index (χ2v) is 29.4. The van der Waals surface area contributed by atoms with E-state index in [0.29, 0.717) is 19.3 Å². The number of unbranched alkanes of at least 4 members (excludes halogenated alkanes) is 44. The van der Waals surface area contributed by atoms with Crippen molar-refractivity contribution in [2.24, 2.45) is 0 Å². The number of hydrogen-bond acceptors (Lipinski definition) is 14. The van der Waals surface area contributed by atoms with Gasteiger partial charge in [0.1, 0.15) is 25.4 Å². The summed E-state index contributed by atoms with van der Waals surface area (Å²) in [4.78, 5) is 58.5. The van der Waals surface area contributed by atoms with Crippen LogP contribution in [0.15, 0.2) is 48.6 Å². The van der Waals surface area contributed by atoms with Crippen molar-refractivity contribution in [3.63, 3.8) is 0 Å². The SMILES string of the molecule is CCCCC/C=C\C/C=C\C/C=C\C/C=C\CCCCCCCCCCCCCCCC(=O)OCC(O)COP(=O)(O)OCC(O)COP(=O)(O)OCC(COC(=O)CCCCCCCCCCCCCCCCC)OC(=O)CCCCCCCCCCCCCCCCC. The Balaban J connectivity index is 4.43. The summed E-state index contributed by atoms with van der Waals surface area (Å²) in [6.07, 6.45) is 74.5. The lowest BCUT2D eigenvalue weighted by molar-refractivity contribution is -0.161. The quantitative estimate of drug-likeness (QED) is 0.0146. The molecule has 0 spiro atoms. The van der Waals surface area contributed by atoms with Crippen LogP contribution in [0.2, 0.25) is 0 Å². The zero-order valence-electron chi connectivity index (χ0n) is 60.9. The van der Waals surface area contributed by atoms with E-state index in [1.807, 2.05) is 0 Å². The van der Waals surface area contributed by atoms with Crippen molar-refractivity contribution in [1.29, 1.82) is 0 Å². The molecule has 0 aliphatic carbocycles. The molecule has 0 aliphatic heterocycles. The molecule has 0 rings (SSSR count). The molecule has 558 valence electrons. The van der Waals surface area contributed by atoms with Gasteiger partial charge in [0.25, 0.3) is 0 Å². The summed E-state index contributed by atoms with van der Waals surface area (Å²) in [5.41, 5.74) is 0. The summed E-state index contributed by atoms with van der Waals surface area (Å²) in [5, 5.41) is 20.6. The Bertz CT molecular complexity index is 1930. The van der Waals surface area contributed by atoms with Crippen LogP contribution in [0.5, 0.6) is 0 Å². The van der Waals surface area contributed by atoms with Crippen LogP contribution in [-0.4, -0.2) is 95.9 Å². The van der Waals surface area contributed by atoms with E-state index < -0.39 is 91.5 Å². The average Bonchev–Trinajstić information content (AvgIpc) is 1.83. The number of hydrogen-bond donors (Lipinski definition) is 4. The fourth-order valence-corrected chi connectivity index (χ4v) is 12.7. The molecule has 0 saturated heterocycles. The van der Waals surface area contributed by atoms with E-state index >= 15 is 0 Å². The van der Waals surface area contributed by atoms with Crippen LogP contribution in [0.1, 0.15) is 367 Å². The number of aliphatic hydroxyl groups excluding tert-OH is 2. The van der Waals surface area contributed by atoms with E-state index in [2.05, 4.69) is 69.4 Å². The second-order valence-electron chi connectivity index (χ2n) is 26.5. The molecule has 5 unspecified atom stereocenters. The van der Waals surface area contributed by atoms with Gasteiger partial charge >= 0.3 is 33.6 Å². The van der Waals surface area contributed by atoms with Gasteiger partial charge in [-0.1, -0.05) is 333 Å². The minimum atomic E-state index is -4.92. The van der Waals surface area contributed by atoms with Crippen LogP contribution in [0.25, 0.3) is 0 Å². The molecule has 0 amide bonds. The molecule has 0 aromatic carbocycles. The first-order valence-electron chi connectivity index (χ1n) is 38.9. The maximum absolute atomic E-state index is 12.9. The third kappa shape index (κ3) is 72.6. The van der Waals surface area contributed by atoms with Gasteiger partial charge in [-0.25, -0.2) is 9.13 Å². The third-order valence-electron chi connectivity index (χ3n) is 17.1. The molecule has 4 N–H and O–H groups in total. The normalized spacial score (nSPS) is 14.3. The van der Waals surface area contributed by atoms with Crippen LogP contribution < -0.4 is 0 Å². The Morgan fingerprint density at radius 2 is 0.526 bits per heavy atom. The predicted octanol–water partition coefficient (Wildman–Crippen LogP) is 22.3. The van der Waals surface area contributed by atoms with Crippen LogP contribution in [0.4, 0.5) is 0 Å². The number of phosphoric acid groups is 2. The van der Waals surface area contributed by atoms with Crippen LogP contribution in [0, 0.1) is 0 Å². The van der Waals surface area contributed by atoms with E-state index in [9.17, 15) is 43.5 Å². The Kier molecular flexibility index (Phi) is 69.5. The fourth-order valence-electron chi connectivity index (χ4n) is 11.1. The minimum absolute atomic E-state index is 0.114. The Morgan fingerprint density at radius 3 is 0.853 bits per heavy atom. The number of carbonyl (C=O) groups is 3. The van der Waals surface area contributed by atoms with Gasteiger partial charge in [-0.05, 0) is 64.2 Å². The van der Waals surface area contributed by atoms with Crippen molar-refractivity contribution < 1.29 is 75.8 Å². The summed E-state index contributed by atoms with van der Waals surface area (Å²) >= 11 is 0. The lowest BCUT2D eigenvalue weighted by Gasteiger charge is -2.21. The van der Waals surface area contributed by atoms with Gasteiger partial charge < -0.3 is 34.2 Å². The van der Waals surface area contributed by atoms with Crippen molar-refractivity contribution in [1.82, 2.24) is 0 Å². The molecular formula is C77H144O16P2. The van der Waals surface area contributed by atoms with Crippen molar-refractivity contribution in [3.05, 3.63) is 48.6 Å². The number of rotatable bonds is 75. The predicted molar refractivity (Wildman–Crippen MR) is 390 cm³/mol. The van der Waals surface area contributed by atoms with E-state index in [1.165, 1.54) is 225 Å². The molecular weight excluding hydrogens is 1240 g/mol. The summed E-state index contributed by atoms with van der Waals surface area (Å²) in [7, 11) is -9.76. The van der Waals surface area contributed by atoms with E-state index in [4.69, 9.17) is 32.3 Å². The Labute approximate surface area is 580 Å². The van der Waals surface area contributed by atoms with Gasteiger partial charge in [0.2, 0.25) is 0 Å². The molecule has 18 heteroatoms. The van der Waals surface area contributed by atoms with Crippen molar-refractivity contribution >= 4 is 33.6 Å². The number of esters is 3.